The van der Waals surface area contributed by atoms with Crippen LogP contribution in [0.25, 0.3) is 0 Å². The number of piperidine rings is 2. The average molecular weight is 258 g/mol. The first kappa shape index (κ1) is 13.0. The van der Waals surface area contributed by atoms with Crippen LogP contribution >= 0.6 is 0 Å². The molecular formula is C17H26N2. The summed E-state index contributed by atoms with van der Waals surface area (Å²) in [5, 5.41) is 3.50. The third-order valence-corrected chi connectivity index (χ3v) is 5.19. The Labute approximate surface area is 117 Å². The van der Waals surface area contributed by atoms with E-state index in [4.69, 9.17) is 0 Å². The highest BCUT2D eigenvalue weighted by Gasteiger charge is 2.35. The third-order valence-electron chi connectivity index (χ3n) is 5.19. The highest BCUT2D eigenvalue weighted by atomic mass is 15.1. The normalized spacial score (nSPS) is 22.7. The molecule has 0 saturated carbocycles. The van der Waals surface area contributed by atoms with Crippen molar-refractivity contribution in [3.05, 3.63) is 29.3 Å². The highest BCUT2D eigenvalue weighted by Crippen LogP contribution is 2.40. The molecule has 1 aromatic carbocycles. The maximum atomic E-state index is 3.50. The van der Waals surface area contributed by atoms with E-state index in [0.717, 1.165) is 0 Å². The monoisotopic (exact) mass is 258 g/mol. The van der Waals surface area contributed by atoms with Gasteiger partial charge in [0.25, 0.3) is 0 Å². The molecule has 0 aliphatic carbocycles. The van der Waals surface area contributed by atoms with Crippen molar-refractivity contribution in [2.24, 2.45) is 5.41 Å². The number of nitrogens with one attached hydrogen (secondary N) is 1. The molecule has 1 N–H and O–H groups in total. The van der Waals surface area contributed by atoms with Crippen molar-refractivity contribution in [1.82, 2.24) is 5.32 Å². The van der Waals surface area contributed by atoms with Gasteiger partial charge in [-0.3, -0.25) is 0 Å². The average Bonchev–Trinajstić information content (AvgIpc) is 2.44. The molecule has 2 heteroatoms. The zero-order valence-electron chi connectivity index (χ0n) is 12.3. The minimum atomic E-state index is 0.652. The molecule has 0 aromatic heterocycles. The van der Waals surface area contributed by atoms with Crippen molar-refractivity contribution in [3.8, 4) is 0 Å². The molecule has 2 saturated heterocycles. The standard InChI is InChI=1S/C17H26N2/c1-14-3-4-15(2)16(13-14)19-11-7-17(8-12-19)5-9-18-10-6-17/h3-4,13,18H,5-12H2,1-2H3. The van der Waals surface area contributed by atoms with Gasteiger partial charge in [-0.1, -0.05) is 12.1 Å². The molecule has 0 radical (unpaired) electrons. The number of aryl methyl sites for hydroxylation is 2. The maximum Gasteiger partial charge on any atom is 0.0398 e. The summed E-state index contributed by atoms with van der Waals surface area (Å²) in [7, 11) is 0. The van der Waals surface area contributed by atoms with E-state index < -0.39 is 0 Å². The van der Waals surface area contributed by atoms with Gasteiger partial charge in [-0.25, -0.2) is 0 Å². The summed E-state index contributed by atoms with van der Waals surface area (Å²) < 4.78 is 0. The van der Waals surface area contributed by atoms with Crippen molar-refractivity contribution in [3.63, 3.8) is 0 Å². The van der Waals surface area contributed by atoms with Gasteiger partial charge in [0.15, 0.2) is 0 Å². The molecule has 1 aromatic rings. The number of rotatable bonds is 1. The van der Waals surface area contributed by atoms with Gasteiger partial charge in [0, 0.05) is 18.8 Å². The fourth-order valence-corrected chi connectivity index (χ4v) is 3.74. The van der Waals surface area contributed by atoms with E-state index in [1.54, 1.807) is 0 Å². The van der Waals surface area contributed by atoms with Crippen LogP contribution in [0.4, 0.5) is 5.69 Å². The molecule has 0 atom stereocenters. The Kier molecular flexibility index (Phi) is 3.53. The van der Waals surface area contributed by atoms with Crippen LogP contribution in [0.1, 0.15) is 36.8 Å². The first-order valence-electron chi connectivity index (χ1n) is 7.72. The van der Waals surface area contributed by atoms with E-state index in [1.165, 1.54) is 68.7 Å². The molecule has 2 aliphatic heterocycles. The number of anilines is 1. The van der Waals surface area contributed by atoms with Crippen LogP contribution in [0.3, 0.4) is 0 Å². The fourth-order valence-electron chi connectivity index (χ4n) is 3.74. The van der Waals surface area contributed by atoms with Crippen LogP contribution in [-0.4, -0.2) is 26.2 Å². The summed E-state index contributed by atoms with van der Waals surface area (Å²) in [6.45, 7) is 9.37. The number of hydrogen-bond acceptors (Lipinski definition) is 2. The van der Waals surface area contributed by atoms with Crippen molar-refractivity contribution >= 4 is 5.69 Å². The van der Waals surface area contributed by atoms with Gasteiger partial charge in [0.05, 0.1) is 0 Å². The summed E-state index contributed by atoms with van der Waals surface area (Å²) >= 11 is 0. The second-order valence-corrected chi connectivity index (χ2v) is 6.53. The molecule has 0 amide bonds. The molecule has 2 nitrogen and oxygen atoms in total. The Morgan fingerprint density at radius 2 is 1.68 bits per heavy atom. The van der Waals surface area contributed by atoms with Gasteiger partial charge < -0.3 is 10.2 Å². The summed E-state index contributed by atoms with van der Waals surface area (Å²) in [4.78, 5) is 2.61. The minimum Gasteiger partial charge on any atom is -0.371 e. The SMILES string of the molecule is Cc1ccc(C)c(N2CCC3(CCNCC3)CC2)c1. The van der Waals surface area contributed by atoms with Crippen molar-refractivity contribution < 1.29 is 0 Å². The molecule has 3 rings (SSSR count). The van der Waals surface area contributed by atoms with Crippen molar-refractivity contribution in [2.45, 2.75) is 39.5 Å². The smallest absolute Gasteiger partial charge is 0.0398 e. The lowest BCUT2D eigenvalue weighted by Gasteiger charge is -2.45. The van der Waals surface area contributed by atoms with E-state index in [2.05, 4.69) is 42.3 Å². The Balaban J connectivity index is 1.71. The van der Waals surface area contributed by atoms with E-state index in [-0.39, 0.29) is 0 Å². The fraction of sp³-hybridized carbons (Fsp3) is 0.647. The summed E-state index contributed by atoms with van der Waals surface area (Å²) in [6.07, 6.45) is 5.52. The third kappa shape index (κ3) is 2.64. The van der Waals surface area contributed by atoms with Crippen molar-refractivity contribution in [2.75, 3.05) is 31.1 Å². The number of benzene rings is 1. The van der Waals surface area contributed by atoms with Crippen LogP contribution in [0.2, 0.25) is 0 Å². The van der Waals surface area contributed by atoms with Crippen LogP contribution in [-0.2, 0) is 0 Å². The topological polar surface area (TPSA) is 15.3 Å². The molecule has 2 heterocycles. The Morgan fingerprint density at radius 3 is 2.37 bits per heavy atom. The van der Waals surface area contributed by atoms with Gasteiger partial charge in [-0.15, -0.1) is 0 Å². The largest absolute Gasteiger partial charge is 0.371 e. The van der Waals surface area contributed by atoms with Crippen LogP contribution in [0.15, 0.2) is 18.2 Å². The number of hydrogen-bond donors (Lipinski definition) is 1. The van der Waals surface area contributed by atoms with E-state index in [0.29, 0.717) is 5.41 Å². The van der Waals surface area contributed by atoms with E-state index >= 15 is 0 Å². The first-order chi connectivity index (χ1) is 9.19. The van der Waals surface area contributed by atoms with Gasteiger partial charge >= 0.3 is 0 Å². The lowest BCUT2D eigenvalue weighted by molar-refractivity contribution is 0.155. The zero-order chi connectivity index (χ0) is 13.3. The van der Waals surface area contributed by atoms with Gasteiger partial charge in [-0.2, -0.15) is 0 Å². The molecule has 2 fully saturated rings. The van der Waals surface area contributed by atoms with Gasteiger partial charge in [-0.05, 0) is 75.2 Å². The molecule has 2 aliphatic rings. The molecular weight excluding hydrogens is 232 g/mol. The van der Waals surface area contributed by atoms with Crippen LogP contribution in [0.5, 0.6) is 0 Å². The molecule has 19 heavy (non-hydrogen) atoms. The minimum absolute atomic E-state index is 0.652. The molecule has 0 unspecified atom stereocenters. The Bertz CT molecular complexity index is 437. The predicted molar refractivity (Wildman–Crippen MR) is 81.9 cm³/mol. The Hall–Kier alpha value is -1.02. The second-order valence-electron chi connectivity index (χ2n) is 6.53. The predicted octanol–water partition coefficient (Wildman–Crippen LogP) is 3.27. The zero-order valence-corrected chi connectivity index (χ0v) is 12.3. The van der Waals surface area contributed by atoms with Gasteiger partial charge in [0.2, 0.25) is 0 Å². The van der Waals surface area contributed by atoms with E-state index in [1.807, 2.05) is 0 Å². The van der Waals surface area contributed by atoms with E-state index in [9.17, 15) is 0 Å². The molecule has 0 bridgehead atoms. The summed E-state index contributed by atoms with van der Waals surface area (Å²) in [5.41, 5.74) is 4.91. The highest BCUT2D eigenvalue weighted by molar-refractivity contribution is 5.55. The maximum absolute atomic E-state index is 3.50. The lowest BCUT2D eigenvalue weighted by atomic mass is 9.71. The lowest BCUT2D eigenvalue weighted by Crippen LogP contribution is -2.45. The Morgan fingerprint density at radius 1 is 1.00 bits per heavy atom. The molecule has 1 spiro atoms. The van der Waals surface area contributed by atoms with Crippen molar-refractivity contribution in [1.29, 1.82) is 0 Å². The quantitative estimate of drug-likeness (QED) is 0.831. The first-order valence-corrected chi connectivity index (χ1v) is 7.72. The van der Waals surface area contributed by atoms with Crippen LogP contribution in [0, 0.1) is 19.3 Å². The van der Waals surface area contributed by atoms with Crippen LogP contribution < -0.4 is 10.2 Å². The molecule has 104 valence electrons. The second kappa shape index (κ2) is 5.16. The van der Waals surface area contributed by atoms with Gasteiger partial charge in [0.1, 0.15) is 0 Å². The summed E-state index contributed by atoms with van der Waals surface area (Å²) in [5.74, 6) is 0. The summed E-state index contributed by atoms with van der Waals surface area (Å²) in [6, 6.07) is 6.84. The number of nitrogens with zero attached hydrogens (tertiary/aromatic N) is 1.